The number of ether oxygens (including phenoxy) is 1. The molecule has 0 atom stereocenters. The van der Waals surface area contributed by atoms with Crippen molar-refractivity contribution >= 4 is 22.4 Å². The molecule has 5 nitrogen and oxygen atoms in total. The minimum atomic E-state index is 0.715. The SMILES string of the molecule is COCCCNc1ncnc2ccc(N)cc12. The van der Waals surface area contributed by atoms with Crippen molar-refractivity contribution in [3.05, 3.63) is 24.5 Å². The predicted octanol–water partition coefficient (Wildman–Crippen LogP) is 1.66. The molecule has 0 aliphatic heterocycles. The zero-order chi connectivity index (χ0) is 12.1. The first-order chi connectivity index (χ1) is 8.31. The molecule has 3 N–H and O–H groups in total. The first kappa shape index (κ1) is 11.6. The number of hydrogen-bond acceptors (Lipinski definition) is 5. The summed E-state index contributed by atoms with van der Waals surface area (Å²) >= 11 is 0. The largest absolute Gasteiger partial charge is 0.399 e. The minimum Gasteiger partial charge on any atom is -0.399 e. The molecule has 0 saturated heterocycles. The Morgan fingerprint density at radius 1 is 1.35 bits per heavy atom. The molecular weight excluding hydrogens is 216 g/mol. The van der Waals surface area contributed by atoms with Crippen LogP contribution in [0.4, 0.5) is 11.5 Å². The van der Waals surface area contributed by atoms with Crippen molar-refractivity contribution in [2.45, 2.75) is 6.42 Å². The van der Waals surface area contributed by atoms with Gasteiger partial charge in [0.25, 0.3) is 0 Å². The second-order valence-electron chi connectivity index (χ2n) is 3.77. The normalized spacial score (nSPS) is 10.6. The number of nitrogens with one attached hydrogen (secondary N) is 1. The van der Waals surface area contributed by atoms with Gasteiger partial charge in [0, 0.05) is 31.3 Å². The quantitative estimate of drug-likeness (QED) is 0.606. The standard InChI is InChI=1S/C12H16N4O/c1-17-6-2-5-14-12-10-7-9(13)3-4-11(10)15-8-16-12/h3-4,7-8H,2,5-6,13H2,1H3,(H,14,15,16). The third-order valence-corrected chi connectivity index (χ3v) is 2.48. The average molecular weight is 232 g/mol. The summed E-state index contributed by atoms with van der Waals surface area (Å²) in [5, 5.41) is 4.21. The van der Waals surface area contributed by atoms with Gasteiger partial charge in [0.05, 0.1) is 5.52 Å². The third kappa shape index (κ3) is 2.82. The average Bonchev–Trinajstić information content (AvgIpc) is 2.35. The van der Waals surface area contributed by atoms with Gasteiger partial charge in [0.1, 0.15) is 12.1 Å². The van der Waals surface area contributed by atoms with Crippen LogP contribution >= 0.6 is 0 Å². The van der Waals surface area contributed by atoms with Gasteiger partial charge >= 0.3 is 0 Å². The Morgan fingerprint density at radius 2 is 2.24 bits per heavy atom. The monoisotopic (exact) mass is 232 g/mol. The summed E-state index contributed by atoms with van der Waals surface area (Å²) in [5.74, 6) is 0.818. The van der Waals surface area contributed by atoms with Crippen molar-refractivity contribution in [1.29, 1.82) is 0 Å². The Kier molecular flexibility index (Phi) is 3.72. The van der Waals surface area contributed by atoms with Gasteiger partial charge in [0.2, 0.25) is 0 Å². The molecule has 2 aromatic rings. The molecule has 90 valence electrons. The van der Waals surface area contributed by atoms with Crippen LogP contribution in [0.5, 0.6) is 0 Å². The Balaban J connectivity index is 2.18. The van der Waals surface area contributed by atoms with E-state index in [2.05, 4.69) is 15.3 Å². The van der Waals surface area contributed by atoms with Crippen molar-refractivity contribution < 1.29 is 4.74 Å². The summed E-state index contributed by atoms with van der Waals surface area (Å²) < 4.78 is 4.99. The van der Waals surface area contributed by atoms with E-state index in [0.29, 0.717) is 5.69 Å². The molecule has 1 aromatic heterocycles. The van der Waals surface area contributed by atoms with Crippen LogP contribution in [0.15, 0.2) is 24.5 Å². The molecule has 1 heterocycles. The molecule has 0 amide bonds. The highest BCUT2D eigenvalue weighted by Gasteiger charge is 2.03. The zero-order valence-electron chi connectivity index (χ0n) is 9.81. The highest BCUT2D eigenvalue weighted by Crippen LogP contribution is 2.21. The number of aromatic nitrogens is 2. The van der Waals surface area contributed by atoms with Crippen LogP contribution in [0.2, 0.25) is 0 Å². The summed E-state index contributed by atoms with van der Waals surface area (Å²) in [5.41, 5.74) is 7.37. The van der Waals surface area contributed by atoms with Crippen LogP contribution in [0.3, 0.4) is 0 Å². The summed E-state index contributed by atoms with van der Waals surface area (Å²) in [6.45, 7) is 1.55. The molecule has 0 radical (unpaired) electrons. The molecule has 0 aliphatic carbocycles. The highest BCUT2D eigenvalue weighted by atomic mass is 16.5. The number of anilines is 2. The summed E-state index contributed by atoms with van der Waals surface area (Å²) in [4.78, 5) is 8.42. The van der Waals surface area contributed by atoms with Crippen molar-refractivity contribution in [2.24, 2.45) is 0 Å². The van der Waals surface area contributed by atoms with Crippen LogP contribution < -0.4 is 11.1 Å². The van der Waals surface area contributed by atoms with Crippen molar-refractivity contribution in [3.63, 3.8) is 0 Å². The van der Waals surface area contributed by atoms with E-state index in [1.807, 2.05) is 18.2 Å². The lowest BCUT2D eigenvalue weighted by molar-refractivity contribution is 0.198. The van der Waals surface area contributed by atoms with E-state index in [0.717, 1.165) is 36.3 Å². The van der Waals surface area contributed by atoms with Gasteiger partial charge in [-0.15, -0.1) is 0 Å². The molecule has 0 aliphatic rings. The van der Waals surface area contributed by atoms with Crippen LogP contribution in [-0.2, 0) is 4.74 Å². The van der Waals surface area contributed by atoms with Crippen molar-refractivity contribution in [3.8, 4) is 0 Å². The van der Waals surface area contributed by atoms with Gasteiger partial charge in [-0.05, 0) is 24.6 Å². The lowest BCUT2D eigenvalue weighted by atomic mass is 10.2. The maximum Gasteiger partial charge on any atom is 0.137 e. The van der Waals surface area contributed by atoms with E-state index in [9.17, 15) is 0 Å². The molecule has 0 bridgehead atoms. The number of hydrogen-bond donors (Lipinski definition) is 2. The van der Waals surface area contributed by atoms with E-state index in [-0.39, 0.29) is 0 Å². The van der Waals surface area contributed by atoms with Gasteiger partial charge in [-0.25, -0.2) is 9.97 Å². The molecule has 5 heteroatoms. The maximum absolute atomic E-state index is 5.77. The van der Waals surface area contributed by atoms with E-state index < -0.39 is 0 Å². The Bertz CT molecular complexity index is 501. The smallest absolute Gasteiger partial charge is 0.137 e. The molecule has 1 aromatic carbocycles. The number of methoxy groups -OCH3 is 1. The lowest BCUT2D eigenvalue weighted by Gasteiger charge is -2.08. The number of nitrogens with two attached hydrogens (primary N) is 1. The Hall–Kier alpha value is -1.88. The molecule has 0 fully saturated rings. The number of benzene rings is 1. The Morgan fingerprint density at radius 3 is 3.06 bits per heavy atom. The number of nitrogen functional groups attached to an aromatic ring is 1. The number of rotatable bonds is 5. The van der Waals surface area contributed by atoms with Crippen molar-refractivity contribution in [2.75, 3.05) is 31.3 Å². The first-order valence-electron chi connectivity index (χ1n) is 5.54. The van der Waals surface area contributed by atoms with Crippen molar-refractivity contribution in [1.82, 2.24) is 9.97 Å². The van der Waals surface area contributed by atoms with Crippen LogP contribution in [-0.4, -0.2) is 30.2 Å². The third-order valence-electron chi connectivity index (χ3n) is 2.48. The van der Waals surface area contributed by atoms with Gasteiger partial charge in [-0.2, -0.15) is 0 Å². The number of nitrogens with zero attached hydrogens (tertiary/aromatic N) is 2. The van der Waals surface area contributed by atoms with Gasteiger partial charge < -0.3 is 15.8 Å². The lowest BCUT2D eigenvalue weighted by Crippen LogP contribution is -2.06. The first-order valence-corrected chi connectivity index (χ1v) is 5.54. The second-order valence-corrected chi connectivity index (χ2v) is 3.77. The molecule has 2 rings (SSSR count). The maximum atomic E-state index is 5.77. The summed E-state index contributed by atoms with van der Waals surface area (Å²) in [6, 6.07) is 5.62. The summed E-state index contributed by atoms with van der Waals surface area (Å²) in [6.07, 6.45) is 2.49. The van der Waals surface area contributed by atoms with Crippen LogP contribution in [0, 0.1) is 0 Å². The Labute approximate surface area is 100 Å². The molecular formula is C12H16N4O. The van der Waals surface area contributed by atoms with E-state index in [1.165, 1.54) is 0 Å². The fraction of sp³-hybridized carbons (Fsp3) is 0.333. The van der Waals surface area contributed by atoms with Gasteiger partial charge in [-0.3, -0.25) is 0 Å². The molecule has 17 heavy (non-hydrogen) atoms. The number of fused-ring (bicyclic) bond motifs is 1. The summed E-state index contributed by atoms with van der Waals surface area (Å²) in [7, 11) is 1.70. The second kappa shape index (κ2) is 5.45. The zero-order valence-corrected chi connectivity index (χ0v) is 9.81. The van der Waals surface area contributed by atoms with Gasteiger partial charge in [0.15, 0.2) is 0 Å². The van der Waals surface area contributed by atoms with Gasteiger partial charge in [-0.1, -0.05) is 0 Å². The molecule has 0 saturated carbocycles. The molecule has 0 unspecified atom stereocenters. The van der Waals surface area contributed by atoms with E-state index >= 15 is 0 Å². The fourth-order valence-electron chi connectivity index (χ4n) is 1.64. The van der Waals surface area contributed by atoms with E-state index in [4.69, 9.17) is 10.5 Å². The van der Waals surface area contributed by atoms with Crippen LogP contribution in [0.25, 0.3) is 10.9 Å². The fourth-order valence-corrected chi connectivity index (χ4v) is 1.64. The highest BCUT2D eigenvalue weighted by molar-refractivity contribution is 5.91. The topological polar surface area (TPSA) is 73.1 Å². The van der Waals surface area contributed by atoms with E-state index in [1.54, 1.807) is 13.4 Å². The minimum absolute atomic E-state index is 0.715. The van der Waals surface area contributed by atoms with Crippen LogP contribution in [0.1, 0.15) is 6.42 Å². The molecule has 0 spiro atoms. The predicted molar refractivity (Wildman–Crippen MR) is 68.9 cm³/mol.